The van der Waals surface area contributed by atoms with Gasteiger partial charge in [-0.15, -0.1) is 0 Å². The van der Waals surface area contributed by atoms with Crippen LogP contribution in [-0.2, 0) is 21.1 Å². The molecule has 2 bridgehead atoms. The Morgan fingerprint density at radius 1 is 1.00 bits per heavy atom. The third kappa shape index (κ3) is 3.30. The van der Waals surface area contributed by atoms with Crippen molar-refractivity contribution in [1.82, 2.24) is 0 Å². The molecule has 4 rings (SSSR count). The molecule has 2 saturated heterocycles. The lowest BCUT2D eigenvalue weighted by molar-refractivity contribution is -0.122. The van der Waals surface area contributed by atoms with Gasteiger partial charge in [0.05, 0.1) is 22.1 Å². The van der Waals surface area contributed by atoms with Gasteiger partial charge < -0.3 is 0 Å². The zero-order valence-electron chi connectivity index (χ0n) is 15.0. The van der Waals surface area contributed by atoms with Crippen LogP contribution in [0.1, 0.15) is 36.8 Å². The van der Waals surface area contributed by atoms with Crippen LogP contribution in [0.2, 0.25) is 0 Å². The maximum Gasteiger partial charge on any atom is 0.156 e. The molecule has 0 amide bonds. The van der Waals surface area contributed by atoms with Crippen molar-refractivity contribution in [3.05, 3.63) is 59.7 Å². The molecule has 0 N–H and O–H groups in total. The first-order valence-corrected chi connectivity index (χ1v) is 10.9. The highest BCUT2D eigenvalue weighted by molar-refractivity contribution is 7.93. The van der Waals surface area contributed by atoms with Crippen molar-refractivity contribution in [1.29, 1.82) is 5.26 Å². The number of hydrogen-bond donors (Lipinski definition) is 0. The standard InChI is InChI=1S/C22H21NO3S/c23-14-17-3-1-2-4-21(17)16-7-5-15(6-8-16)11-22(24)18-12-19-9-10-20(13-18)27(19,25)26/h1-8,18-20H,9-13H2. The minimum absolute atomic E-state index is 0.134. The van der Waals surface area contributed by atoms with E-state index in [0.29, 0.717) is 37.7 Å². The molecule has 0 spiro atoms. The van der Waals surface area contributed by atoms with E-state index in [1.165, 1.54) is 0 Å². The van der Waals surface area contributed by atoms with E-state index in [1.54, 1.807) is 6.07 Å². The Bertz CT molecular complexity index is 998. The Hall–Kier alpha value is -2.45. The molecule has 2 heterocycles. The topological polar surface area (TPSA) is 75.0 Å². The van der Waals surface area contributed by atoms with Crippen LogP contribution in [0.4, 0.5) is 0 Å². The summed E-state index contributed by atoms with van der Waals surface area (Å²) in [6, 6.07) is 17.4. The van der Waals surface area contributed by atoms with Gasteiger partial charge in [0.25, 0.3) is 0 Å². The Labute approximate surface area is 159 Å². The molecule has 2 aliphatic heterocycles. The number of fused-ring (bicyclic) bond motifs is 2. The van der Waals surface area contributed by atoms with Gasteiger partial charge in [-0.25, -0.2) is 8.42 Å². The maximum atomic E-state index is 12.7. The molecule has 27 heavy (non-hydrogen) atoms. The van der Waals surface area contributed by atoms with E-state index in [4.69, 9.17) is 0 Å². The summed E-state index contributed by atoms with van der Waals surface area (Å²) in [4.78, 5) is 12.7. The molecule has 0 radical (unpaired) electrons. The van der Waals surface area contributed by atoms with Crippen LogP contribution in [0, 0.1) is 17.2 Å². The molecule has 2 aromatic carbocycles. The summed E-state index contributed by atoms with van der Waals surface area (Å²) in [5.41, 5.74) is 3.39. The first-order valence-electron chi connectivity index (χ1n) is 9.33. The Morgan fingerprint density at radius 3 is 2.26 bits per heavy atom. The van der Waals surface area contributed by atoms with Gasteiger partial charge in [0.2, 0.25) is 0 Å². The van der Waals surface area contributed by atoms with Gasteiger partial charge in [0, 0.05) is 12.3 Å². The molecule has 2 fully saturated rings. The number of rotatable bonds is 4. The minimum atomic E-state index is -2.99. The first kappa shape index (κ1) is 17.9. The molecular formula is C22H21NO3S. The average Bonchev–Trinajstić information content (AvgIpc) is 2.86. The van der Waals surface area contributed by atoms with Crippen LogP contribution < -0.4 is 0 Å². The first-order chi connectivity index (χ1) is 13.0. The van der Waals surface area contributed by atoms with Crippen molar-refractivity contribution in [2.24, 2.45) is 5.92 Å². The van der Waals surface area contributed by atoms with Crippen molar-refractivity contribution in [3.63, 3.8) is 0 Å². The quantitative estimate of drug-likeness (QED) is 0.812. The van der Waals surface area contributed by atoms with Gasteiger partial charge in [-0.05, 0) is 48.4 Å². The molecule has 138 valence electrons. The summed E-state index contributed by atoms with van der Waals surface area (Å²) >= 11 is 0. The Balaban J connectivity index is 1.46. The highest BCUT2D eigenvalue weighted by atomic mass is 32.2. The minimum Gasteiger partial charge on any atom is -0.299 e. The molecule has 4 nitrogen and oxygen atoms in total. The molecule has 5 heteroatoms. The number of ketones is 1. The van der Waals surface area contributed by atoms with E-state index in [2.05, 4.69) is 6.07 Å². The molecule has 2 unspecified atom stereocenters. The average molecular weight is 379 g/mol. The second-order valence-corrected chi connectivity index (χ2v) is 10.1. The molecule has 2 aromatic rings. The summed E-state index contributed by atoms with van der Waals surface area (Å²) in [6.45, 7) is 0. The van der Waals surface area contributed by atoms with Crippen molar-refractivity contribution in [3.8, 4) is 17.2 Å². The second-order valence-electron chi connectivity index (χ2n) is 7.58. The number of hydrogen-bond acceptors (Lipinski definition) is 4. The molecule has 0 aromatic heterocycles. The smallest absolute Gasteiger partial charge is 0.156 e. The van der Waals surface area contributed by atoms with Gasteiger partial charge >= 0.3 is 0 Å². The summed E-state index contributed by atoms with van der Waals surface area (Å²) in [6.07, 6.45) is 2.74. The molecular weight excluding hydrogens is 358 g/mol. The fourth-order valence-corrected chi connectivity index (χ4v) is 6.92. The number of benzene rings is 2. The highest BCUT2D eigenvalue weighted by Crippen LogP contribution is 2.41. The number of nitriles is 1. The van der Waals surface area contributed by atoms with Crippen LogP contribution in [0.3, 0.4) is 0 Å². The predicted molar refractivity (Wildman–Crippen MR) is 104 cm³/mol. The lowest BCUT2D eigenvalue weighted by Crippen LogP contribution is -2.36. The summed E-state index contributed by atoms with van der Waals surface area (Å²) in [7, 11) is -2.99. The summed E-state index contributed by atoms with van der Waals surface area (Å²) in [5, 5.41) is 8.62. The highest BCUT2D eigenvalue weighted by Gasteiger charge is 2.48. The number of nitrogens with zero attached hydrogens (tertiary/aromatic N) is 1. The van der Waals surface area contributed by atoms with Gasteiger partial charge in [-0.3, -0.25) is 4.79 Å². The van der Waals surface area contributed by atoms with Gasteiger partial charge in [-0.2, -0.15) is 5.26 Å². The van der Waals surface area contributed by atoms with Crippen LogP contribution in [0.25, 0.3) is 11.1 Å². The normalized spacial score (nSPS) is 25.7. The van der Waals surface area contributed by atoms with E-state index < -0.39 is 9.84 Å². The van der Waals surface area contributed by atoms with E-state index in [0.717, 1.165) is 16.7 Å². The van der Waals surface area contributed by atoms with Crippen molar-refractivity contribution in [2.45, 2.75) is 42.6 Å². The van der Waals surface area contributed by atoms with E-state index >= 15 is 0 Å². The lowest BCUT2D eigenvalue weighted by Gasteiger charge is -2.27. The van der Waals surface area contributed by atoms with E-state index in [1.807, 2.05) is 42.5 Å². The monoisotopic (exact) mass is 379 g/mol. The Kier molecular flexibility index (Phi) is 4.61. The van der Waals surface area contributed by atoms with Crippen molar-refractivity contribution >= 4 is 15.6 Å². The van der Waals surface area contributed by atoms with Crippen LogP contribution in [0.15, 0.2) is 48.5 Å². The summed E-state index contributed by atoms with van der Waals surface area (Å²) in [5.74, 6) is 0.0111. The molecule has 0 aliphatic carbocycles. The predicted octanol–water partition coefficient (Wildman–Crippen LogP) is 3.69. The molecule has 2 aliphatic rings. The largest absolute Gasteiger partial charge is 0.299 e. The number of sulfone groups is 1. The number of Topliss-reactive ketones (excluding diaryl/α,β-unsaturated/α-hetero) is 1. The van der Waals surface area contributed by atoms with E-state index in [-0.39, 0.29) is 22.2 Å². The van der Waals surface area contributed by atoms with Crippen LogP contribution in [0.5, 0.6) is 0 Å². The van der Waals surface area contributed by atoms with E-state index in [9.17, 15) is 18.5 Å². The lowest BCUT2D eigenvalue weighted by atomic mass is 9.90. The van der Waals surface area contributed by atoms with Gasteiger partial charge in [0.1, 0.15) is 5.78 Å². The van der Waals surface area contributed by atoms with Crippen LogP contribution >= 0.6 is 0 Å². The molecule has 0 saturated carbocycles. The fraction of sp³-hybridized carbons (Fsp3) is 0.364. The zero-order valence-corrected chi connectivity index (χ0v) is 15.8. The van der Waals surface area contributed by atoms with Crippen molar-refractivity contribution < 1.29 is 13.2 Å². The van der Waals surface area contributed by atoms with Crippen LogP contribution in [-0.4, -0.2) is 24.7 Å². The summed E-state index contributed by atoms with van der Waals surface area (Å²) < 4.78 is 24.4. The zero-order chi connectivity index (χ0) is 19.0. The third-order valence-corrected chi connectivity index (χ3v) is 8.70. The SMILES string of the molecule is N#Cc1ccccc1-c1ccc(CC(=O)C2CC3CCC(C2)S3(=O)=O)cc1. The second kappa shape index (κ2) is 6.94. The fourth-order valence-electron chi connectivity index (χ4n) is 4.45. The molecule has 2 atom stereocenters. The number of carbonyl (C=O) groups is 1. The maximum absolute atomic E-state index is 12.7. The van der Waals surface area contributed by atoms with Gasteiger partial charge in [0.15, 0.2) is 9.84 Å². The third-order valence-electron chi connectivity index (χ3n) is 5.98. The Morgan fingerprint density at radius 2 is 1.63 bits per heavy atom. The van der Waals surface area contributed by atoms with Gasteiger partial charge in [-0.1, -0.05) is 42.5 Å². The van der Waals surface area contributed by atoms with Crippen molar-refractivity contribution in [2.75, 3.05) is 0 Å². The number of carbonyl (C=O) groups excluding carboxylic acids is 1.